The number of aromatic nitrogens is 4. The van der Waals surface area contributed by atoms with Gasteiger partial charge in [-0.05, 0) is 25.3 Å². The van der Waals surface area contributed by atoms with Crippen LogP contribution in [0.2, 0.25) is 0 Å². The predicted molar refractivity (Wildman–Crippen MR) is 80.5 cm³/mol. The van der Waals surface area contributed by atoms with E-state index >= 15 is 0 Å². The molecule has 2 aromatic rings. The highest BCUT2D eigenvalue weighted by Gasteiger charge is 2.26. The first-order valence-corrected chi connectivity index (χ1v) is 7.38. The van der Waals surface area contributed by atoms with Crippen molar-refractivity contribution >= 4 is 5.82 Å². The summed E-state index contributed by atoms with van der Waals surface area (Å²) in [5.74, 6) is 3.18. The molecule has 6 nitrogen and oxygen atoms in total. The number of nitrogens with zero attached hydrogens (tertiary/aromatic N) is 4. The summed E-state index contributed by atoms with van der Waals surface area (Å²) in [5.41, 5.74) is 2.15. The fourth-order valence-corrected chi connectivity index (χ4v) is 2.51. The minimum Gasteiger partial charge on any atom is -0.481 e. The van der Waals surface area contributed by atoms with Crippen molar-refractivity contribution in [3.8, 4) is 5.88 Å². The van der Waals surface area contributed by atoms with Crippen molar-refractivity contribution < 1.29 is 4.74 Å². The number of aryl methyl sites for hydroxylation is 2. The van der Waals surface area contributed by atoms with Crippen LogP contribution in [0.15, 0.2) is 12.3 Å². The van der Waals surface area contributed by atoms with Crippen molar-refractivity contribution in [1.82, 2.24) is 19.7 Å². The first-order valence-electron chi connectivity index (χ1n) is 7.38. The summed E-state index contributed by atoms with van der Waals surface area (Å²) in [4.78, 5) is 8.91. The van der Waals surface area contributed by atoms with Crippen molar-refractivity contribution in [1.29, 1.82) is 0 Å². The van der Waals surface area contributed by atoms with Gasteiger partial charge in [0, 0.05) is 25.7 Å². The molecule has 1 aliphatic rings. The number of rotatable bonds is 6. The zero-order chi connectivity index (χ0) is 14.8. The molecular weight excluding hydrogens is 266 g/mol. The van der Waals surface area contributed by atoms with E-state index in [1.54, 1.807) is 11.8 Å². The highest BCUT2D eigenvalue weighted by atomic mass is 16.5. The highest BCUT2D eigenvalue weighted by Crippen LogP contribution is 2.38. The lowest BCUT2D eigenvalue weighted by molar-refractivity contribution is 0.369. The van der Waals surface area contributed by atoms with Gasteiger partial charge in [0.2, 0.25) is 5.88 Å². The molecule has 21 heavy (non-hydrogen) atoms. The van der Waals surface area contributed by atoms with E-state index in [1.165, 1.54) is 12.8 Å². The van der Waals surface area contributed by atoms with E-state index in [9.17, 15) is 0 Å². The molecule has 3 rings (SSSR count). The second-order valence-electron chi connectivity index (χ2n) is 5.34. The molecule has 1 fully saturated rings. The number of nitrogens with one attached hydrogen (secondary N) is 1. The summed E-state index contributed by atoms with van der Waals surface area (Å²) >= 11 is 0. The molecule has 0 aliphatic heterocycles. The van der Waals surface area contributed by atoms with E-state index < -0.39 is 0 Å². The Hall–Kier alpha value is -2.11. The molecule has 2 aromatic heterocycles. The van der Waals surface area contributed by atoms with E-state index in [-0.39, 0.29) is 0 Å². The monoisotopic (exact) mass is 287 g/mol. The van der Waals surface area contributed by atoms with Gasteiger partial charge in [-0.3, -0.25) is 0 Å². The van der Waals surface area contributed by atoms with E-state index in [2.05, 4.69) is 27.3 Å². The summed E-state index contributed by atoms with van der Waals surface area (Å²) < 4.78 is 7.23. The zero-order valence-electron chi connectivity index (χ0n) is 12.8. The lowest BCUT2D eigenvalue weighted by Crippen LogP contribution is -2.06. The van der Waals surface area contributed by atoms with Crippen molar-refractivity contribution in [2.24, 2.45) is 7.05 Å². The normalized spacial score (nSPS) is 14.2. The van der Waals surface area contributed by atoms with Gasteiger partial charge in [0.25, 0.3) is 0 Å². The van der Waals surface area contributed by atoms with Crippen LogP contribution in [0.5, 0.6) is 5.88 Å². The van der Waals surface area contributed by atoms with E-state index in [1.807, 2.05) is 19.3 Å². The van der Waals surface area contributed by atoms with E-state index in [0.29, 0.717) is 12.5 Å². The molecule has 1 N–H and O–H groups in total. The number of anilines is 1. The van der Waals surface area contributed by atoms with Gasteiger partial charge in [-0.2, -0.15) is 5.10 Å². The summed E-state index contributed by atoms with van der Waals surface area (Å²) in [7, 11) is 3.58. The fourth-order valence-electron chi connectivity index (χ4n) is 2.51. The maximum atomic E-state index is 5.45. The molecule has 0 amide bonds. The zero-order valence-corrected chi connectivity index (χ0v) is 12.8. The van der Waals surface area contributed by atoms with Crippen LogP contribution in [0.1, 0.15) is 42.8 Å². The lowest BCUT2D eigenvalue weighted by Gasteiger charge is -2.08. The maximum Gasteiger partial charge on any atom is 0.216 e. The summed E-state index contributed by atoms with van der Waals surface area (Å²) in [6, 6.07) is 1.90. The Labute approximate surface area is 124 Å². The van der Waals surface area contributed by atoms with Crippen LogP contribution in [0.25, 0.3) is 0 Å². The third-order valence-corrected chi connectivity index (χ3v) is 3.76. The van der Waals surface area contributed by atoms with Gasteiger partial charge in [-0.1, -0.05) is 6.92 Å². The summed E-state index contributed by atoms with van der Waals surface area (Å²) in [6.07, 6.45) is 5.12. The highest BCUT2D eigenvalue weighted by molar-refractivity contribution is 5.39. The fraction of sp³-hybridized carbons (Fsp3) is 0.533. The van der Waals surface area contributed by atoms with Crippen molar-refractivity contribution in [3.63, 3.8) is 0 Å². The van der Waals surface area contributed by atoms with Crippen LogP contribution in [0.4, 0.5) is 5.82 Å². The SMILES string of the molecule is CCc1nn(C)c(OC)c1CNc1ccnc(C2CC2)n1. The topological polar surface area (TPSA) is 64.9 Å². The van der Waals surface area contributed by atoms with Crippen molar-refractivity contribution in [3.05, 3.63) is 29.3 Å². The minimum absolute atomic E-state index is 0.561. The van der Waals surface area contributed by atoms with Gasteiger partial charge in [-0.25, -0.2) is 14.6 Å². The Morgan fingerprint density at radius 3 is 2.90 bits per heavy atom. The quantitative estimate of drug-likeness (QED) is 0.883. The summed E-state index contributed by atoms with van der Waals surface area (Å²) in [5, 5.41) is 7.85. The Kier molecular flexibility index (Phi) is 3.77. The van der Waals surface area contributed by atoms with Crippen molar-refractivity contribution in [2.45, 2.75) is 38.6 Å². The Morgan fingerprint density at radius 2 is 2.24 bits per heavy atom. The molecule has 1 aliphatic carbocycles. The Bertz CT molecular complexity index is 633. The summed E-state index contributed by atoms with van der Waals surface area (Å²) in [6.45, 7) is 2.75. The predicted octanol–water partition coefficient (Wildman–Crippen LogP) is 2.27. The van der Waals surface area contributed by atoms with Crippen LogP contribution < -0.4 is 10.1 Å². The Morgan fingerprint density at radius 1 is 1.43 bits per heavy atom. The van der Waals surface area contributed by atoms with Gasteiger partial charge in [0.05, 0.1) is 18.4 Å². The van der Waals surface area contributed by atoms with Gasteiger partial charge in [0.1, 0.15) is 11.6 Å². The molecule has 112 valence electrons. The van der Waals surface area contributed by atoms with Crippen LogP contribution in [0, 0.1) is 0 Å². The molecule has 0 saturated heterocycles. The number of methoxy groups -OCH3 is 1. The number of ether oxygens (including phenoxy) is 1. The number of hydrogen-bond donors (Lipinski definition) is 1. The van der Waals surface area contributed by atoms with Crippen LogP contribution in [-0.4, -0.2) is 26.9 Å². The third-order valence-electron chi connectivity index (χ3n) is 3.76. The molecule has 0 radical (unpaired) electrons. The first kappa shape index (κ1) is 13.9. The largest absolute Gasteiger partial charge is 0.481 e. The number of hydrogen-bond acceptors (Lipinski definition) is 5. The Balaban J connectivity index is 1.76. The molecule has 0 spiro atoms. The van der Waals surface area contributed by atoms with Gasteiger partial charge >= 0.3 is 0 Å². The first-order chi connectivity index (χ1) is 10.2. The van der Waals surface area contributed by atoms with Crippen LogP contribution >= 0.6 is 0 Å². The smallest absolute Gasteiger partial charge is 0.216 e. The van der Waals surface area contributed by atoms with E-state index in [0.717, 1.165) is 35.2 Å². The van der Waals surface area contributed by atoms with Gasteiger partial charge < -0.3 is 10.1 Å². The molecule has 0 atom stereocenters. The van der Waals surface area contributed by atoms with E-state index in [4.69, 9.17) is 4.74 Å². The molecular formula is C15H21N5O. The molecule has 0 bridgehead atoms. The molecule has 6 heteroatoms. The van der Waals surface area contributed by atoms with Gasteiger partial charge in [-0.15, -0.1) is 0 Å². The lowest BCUT2D eigenvalue weighted by atomic mass is 10.2. The van der Waals surface area contributed by atoms with Crippen LogP contribution in [0.3, 0.4) is 0 Å². The standard InChI is InChI=1S/C15H21N5O/c1-4-12-11(15(21-3)20(2)19-12)9-17-13-7-8-16-14(18-13)10-5-6-10/h7-8,10H,4-6,9H2,1-3H3,(H,16,17,18). The van der Waals surface area contributed by atoms with Crippen LogP contribution in [-0.2, 0) is 20.0 Å². The molecule has 0 aromatic carbocycles. The second-order valence-corrected chi connectivity index (χ2v) is 5.34. The van der Waals surface area contributed by atoms with Crippen molar-refractivity contribution in [2.75, 3.05) is 12.4 Å². The maximum absolute atomic E-state index is 5.45. The average Bonchev–Trinajstić information content (AvgIpc) is 3.30. The molecule has 2 heterocycles. The molecule has 1 saturated carbocycles. The average molecular weight is 287 g/mol. The van der Waals surface area contributed by atoms with Gasteiger partial charge in [0.15, 0.2) is 0 Å². The third kappa shape index (κ3) is 2.84. The minimum atomic E-state index is 0.561. The second kappa shape index (κ2) is 5.71. The molecule has 0 unspecified atom stereocenters.